The van der Waals surface area contributed by atoms with Crippen LogP contribution in [0.2, 0.25) is 5.02 Å². The fourth-order valence-corrected chi connectivity index (χ4v) is 3.88. The molecule has 1 aliphatic rings. The number of hydrogen-bond donors (Lipinski definition) is 0. The van der Waals surface area contributed by atoms with Gasteiger partial charge in [-0.25, -0.2) is 4.79 Å². The van der Waals surface area contributed by atoms with Crippen molar-refractivity contribution < 1.29 is 9.53 Å². The summed E-state index contributed by atoms with van der Waals surface area (Å²) in [6.45, 7) is 2.27. The Morgan fingerprint density at radius 2 is 1.64 bits per heavy atom. The first-order valence-electron chi connectivity index (χ1n) is 9.23. The van der Waals surface area contributed by atoms with Crippen molar-refractivity contribution in [3.8, 4) is 5.75 Å². The maximum atomic E-state index is 12.2. The van der Waals surface area contributed by atoms with E-state index in [-0.39, 0.29) is 5.97 Å². The molecule has 0 aromatic heterocycles. The second-order valence-electron chi connectivity index (χ2n) is 6.97. The minimum atomic E-state index is -0.333. The summed E-state index contributed by atoms with van der Waals surface area (Å²) in [5.74, 6) is 1.72. The summed E-state index contributed by atoms with van der Waals surface area (Å²) in [6, 6.07) is 14.8. The first kappa shape index (κ1) is 18.0. The molecule has 1 saturated carbocycles. The van der Waals surface area contributed by atoms with Gasteiger partial charge in [0, 0.05) is 5.02 Å². The molecule has 25 heavy (non-hydrogen) atoms. The molecule has 3 heteroatoms. The molecule has 2 nitrogen and oxygen atoms in total. The maximum Gasteiger partial charge on any atom is 0.343 e. The number of benzene rings is 2. The Kier molecular flexibility index (Phi) is 6.14. The van der Waals surface area contributed by atoms with Gasteiger partial charge in [0.15, 0.2) is 0 Å². The normalized spacial score (nSPS) is 20.2. The number of halogens is 1. The van der Waals surface area contributed by atoms with Crippen molar-refractivity contribution in [2.24, 2.45) is 5.92 Å². The van der Waals surface area contributed by atoms with E-state index in [0.29, 0.717) is 22.3 Å². The van der Waals surface area contributed by atoms with Crippen LogP contribution in [-0.2, 0) is 0 Å². The smallest absolute Gasteiger partial charge is 0.343 e. The van der Waals surface area contributed by atoms with Gasteiger partial charge in [0.2, 0.25) is 0 Å². The highest BCUT2D eigenvalue weighted by atomic mass is 35.5. The summed E-state index contributed by atoms with van der Waals surface area (Å²) in [4.78, 5) is 12.2. The Morgan fingerprint density at radius 1 is 1.00 bits per heavy atom. The fourth-order valence-electron chi connectivity index (χ4n) is 3.75. The van der Waals surface area contributed by atoms with Gasteiger partial charge in [-0.1, -0.05) is 43.5 Å². The van der Waals surface area contributed by atoms with Gasteiger partial charge in [0.05, 0.1) is 5.56 Å². The van der Waals surface area contributed by atoms with E-state index in [1.165, 1.54) is 44.1 Å². The standard InChI is InChI=1S/C22H25ClO2/c1-2-3-16-4-6-17(7-5-16)18-8-10-19(11-9-18)22(24)25-21-14-12-20(23)13-15-21/h8-17H,2-7H2,1H3. The van der Waals surface area contributed by atoms with E-state index in [4.69, 9.17) is 16.3 Å². The van der Waals surface area contributed by atoms with Crippen LogP contribution in [0.4, 0.5) is 0 Å². The van der Waals surface area contributed by atoms with Gasteiger partial charge in [-0.2, -0.15) is 0 Å². The van der Waals surface area contributed by atoms with Crippen molar-refractivity contribution in [3.63, 3.8) is 0 Å². The van der Waals surface area contributed by atoms with E-state index in [1.54, 1.807) is 24.3 Å². The van der Waals surface area contributed by atoms with Crippen molar-refractivity contribution in [2.75, 3.05) is 0 Å². The highest BCUT2D eigenvalue weighted by Gasteiger charge is 2.22. The SMILES string of the molecule is CCCC1CCC(c2ccc(C(=O)Oc3ccc(Cl)cc3)cc2)CC1. The van der Waals surface area contributed by atoms with Gasteiger partial charge in [-0.15, -0.1) is 0 Å². The first-order chi connectivity index (χ1) is 12.2. The number of carbonyl (C=O) groups excluding carboxylic acids is 1. The number of esters is 1. The lowest BCUT2D eigenvalue weighted by Crippen LogP contribution is -2.13. The number of carbonyl (C=O) groups is 1. The van der Waals surface area contributed by atoms with Crippen molar-refractivity contribution in [3.05, 3.63) is 64.7 Å². The third-order valence-corrected chi connectivity index (χ3v) is 5.44. The van der Waals surface area contributed by atoms with Crippen molar-refractivity contribution >= 4 is 17.6 Å². The molecule has 0 N–H and O–H groups in total. The zero-order chi connectivity index (χ0) is 17.6. The number of hydrogen-bond acceptors (Lipinski definition) is 2. The molecule has 2 aromatic carbocycles. The fraction of sp³-hybridized carbons (Fsp3) is 0.409. The minimum absolute atomic E-state index is 0.333. The summed E-state index contributed by atoms with van der Waals surface area (Å²) in [7, 11) is 0. The van der Waals surface area contributed by atoms with E-state index < -0.39 is 0 Å². The Morgan fingerprint density at radius 3 is 2.24 bits per heavy atom. The van der Waals surface area contributed by atoms with Crippen LogP contribution in [0.1, 0.15) is 67.3 Å². The summed E-state index contributed by atoms with van der Waals surface area (Å²) in [5, 5.41) is 0.623. The van der Waals surface area contributed by atoms with E-state index in [2.05, 4.69) is 19.1 Å². The topological polar surface area (TPSA) is 26.3 Å². The third-order valence-electron chi connectivity index (χ3n) is 5.19. The average molecular weight is 357 g/mol. The highest BCUT2D eigenvalue weighted by Crippen LogP contribution is 2.37. The van der Waals surface area contributed by atoms with Gasteiger partial charge in [0.25, 0.3) is 0 Å². The molecule has 0 bridgehead atoms. The highest BCUT2D eigenvalue weighted by molar-refractivity contribution is 6.30. The van der Waals surface area contributed by atoms with Crippen LogP contribution in [0, 0.1) is 5.92 Å². The molecule has 132 valence electrons. The van der Waals surface area contributed by atoms with Crippen molar-refractivity contribution in [2.45, 2.75) is 51.4 Å². The summed E-state index contributed by atoms with van der Waals surface area (Å²) < 4.78 is 5.38. The monoisotopic (exact) mass is 356 g/mol. The quantitative estimate of drug-likeness (QED) is 0.443. The van der Waals surface area contributed by atoms with Crippen LogP contribution in [-0.4, -0.2) is 5.97 Å². The molecule has 0 heterocycles. The van der Waals surface area contributed by atoms with Crippen molar-refractivity contribution in [1.82, 2.24) is 0 Å². The Balaban J connectivity index is 1.58. The van der Waals surface area contributed by atoms with Crippen LogP contribution in [0.15, 0.2) is 48.5 Å². The predicted molar refractivity (Wildman–Crippen MR) is 102 cm³/mol. The molecule has 0 saturated heterocycles. The van der Waals surface area contributed by atoms with E-state index in [1.807, 2.05) is 12.1 Å². The van der Waals surface area contributed by atoms with Crippen LogP contribution in [0.3, 0.4) is 0 Å². The molecule has 0 atom stereocenters. The molecule has 2 aromatic rings. The van der Waals surface area contributed by atoms with Gasteiger partial charge < -0.3 is 4.74 Å². The number of ether oxygens (including phenoxy) is 1. The lowest BCUT2D eigenvalue weighted by Gasteiger charge is -2.28. The molecule has 0 spiro atoms. The largest absolute Gasteiger partial charge is 0.423 e. The Bertz CT molecular complexity index is 683. The minimum Gasteiger partial charge on any atom is -0.423 e. The summed E-state index contributed by atoms with van der Waals surface area (Å²) >= 11 is 5.84. The third kappa shape index (κ3) is 4.85. The zero-order valence-corrected chi connectivity index (χ0v) is 15.5. The molecular weight excluding hydrogens is 332 g/mol. The molecule has 3 rings (SSSR count). The van der Waals surface area contributed by atoms with Crippen LogP contribution in [0.25, 0.3) is 0 Å². The zero-order valence-electron chi connectivity index (χ0n) is 14.7. The average Bonchev–Trinajstić information content (AvgIpc) is 2.65. The van der Waals surface area contributed by atoms with Crippen LogP contribution in [0.5, 0.6) is 5.75 Å². The molecule has 0 amide bonds. The molecule has 0 unspecified atom stereocenters. The van der Waals surface area contributed by atoms with Crippen LogP contribution >= 0.6 is 11.6 Å². The Hall–Kier alpha value is -1.80. The molecule has 1 fully saturated rings. The summed E-state index contributed by atoms with van der Waals surface area (Å²) in [6.07, 6.45) is 7.85. The molecule has 0 radical (unpaired) electrons. The van der Waals surface area contributed by atoms with E-state index >= 15 is 0 Å². The van der Waals surface area contributed by atoms with Gasteiger partial charge in [-0.3, -0.25) is 0 Å². The van der Waals surface area contributed by atoms with E-state index in [0.717, 1.165) is 5.92 Å². The second-order valence-corrected chi connectivity index (χ2v) is 7.41. The molecule has 1 aliphatic carbocycles. The van der Waals surface area contributed by atoms with Gasteiger partial charge in [-0.05, 0) is 79.5 Å². The summed E-state index contributed by atoms with van der Waals surface area (Å²) in [5.41, 5.74) is 1.93. The molecule has 0 aliphatic heterocycles. The lowest BCUT2D eigenvalue weighted by molar-refractivity contribution is 0.0734. The second kappa shape index (κ2) is 8.53. The first-order valence-corrected chi connectivity index (χ1v) is 9.61. The maximum absolute atomic E-state index is 12.2. The molecular formula is C22H25ClO2. The van der Waals surface area contributed by atoms with Gasteiger partial charge in [0.1, 0.15) is 5.75 Å². The van der Waals surface area contributed by atoms with Crippen molar-refractivity contribution in [1.29, 1.82) is 0 Å². The van der Waals surface area contributed by atoms with E-state index in [9.17, 15) is 4.79 Å². The predicted octanol–water partition coefficient (Wildman–Crippen LogP) is 6.63. The lowest BCUT2D eigenvalue weighted by atomic mass is 9.77. The van der Waals surface area contributed by atoms with Crippen LogP contribution < -0.4 is 4.74 Å². The Labute approximate surface area is 155 Å². The van der Waals surface area contributed by atoms with Gasteiger partial charge >= 0.3 is 5.97 Å². The number of rotatable bonds is 5.